The maximum Gasteiger partial charge on any atom is 0.337 e. The van der Waals surface area contributed by atoms with Gasteiger partial charge in [-0.15, -0.1) is 0 Å². The van der Waals surface area contributed by atoms with E-state index in [1.807, 2.05) is 0 Å². The molecule has 0 saturated carbocycles. The van der Waals surface area contributed by atoms with Crippen LogP contribution in [0.4, 0.5) is 14.5 Å². The molecule has 0 bridgehead atoms. The zero-order chi connectivity index (χ0) is 11.8. The van der Waals surface area contributed by atoms with Gasteiger partial charge in [0.2, 0.25) is 0 Å². The smallest absolute Gasteiger partial charge is 0.337 e. The first-order valence-electron chi connectivity index (χ1n) is 4.83. The van der Waals surface area contributed by atoms with Crippen LogP contribution in [0.5, 0.6) is 0 Å². The first-order chi connectivity index (χ1) is 7.52. The van der Waals surface area contributed by atoms with Gasteiger partial charge in [-0.3, -0.25) is 0 Å². The van der Waals surface area contributed by atoms with E-state index in [1.54, 1.807) is 29.2 Å². The quantitative estimate of drug-likeness (QED) is 0.723. The van der Waals surface area contributed by atoms with Gasteiger partial charge in [0, 0.05) is 5.69 Å². The van der Waals surface area contributed by atoms with E-state index in [-0.39, 0.29) is 13.1 Å². The lowest BCUT2D eigenvalue weighted by atomic mass is 10.1. The Labute approximate surface area is 91.6 Å². The van der Waals surface area contributed by atoms with Crippen LogP contribution in [0.25, 0.3) is 0 Å². The molecule has 0 aliphatic carbocycles. The Bertz CT molecular complexity index is 395. The van der Waals surface area contributed by atoms with Crippen molar-refractivity contribution in [3.05, 3.63) is 29.8 Å². The summed E-state index contributed by atoms with van der Waals surface area (Å²) in [6.07, 6.45) is 0. The first kappa shape index (κ1) is 10.9. The molecule has 0 unspecified atom stereocenters. The SMILES string of the molecule is COC(=O)c1ccc(N2CC(F)(F)C2)cc1. The normalized spacial score (nSPS) is 17.8. The van der Waals surface area contributed by atoms with Crippen LogP contribution in [0.1, 0.15) is 10.4 Å². The molecule has 0 aromatic heterocycles. The van der Waals surface area contributed by atoms with Crippen molar-refractivity contribution in [1.82, 2.24) is 0 Å². The number of nitrogens with zero attached hydrogens (tertiary/aromatic N) is 1. The van der Waals surface area contributed by atoms with E-state index < -0.39 is 11.9 Å². The maximum atomic E-state index is 12.6. The number of anilines is 1. The van der Waals surface area contributed by atoms with Crippen molar-refractivity contribution >= 4 is 11.7 Å². The molecule has 0 N–H and O–H groups in total. The average molecular weight is 227 g/mol. The minimum atomic E-state index is -2.58. The number of rotatable bonds is 2. The summed E-state index contributed by atoms with van der Waals surface area (Å²) >= 11 is 0. The number of hydrogen-bond acceptors (Lipinski definition) is 3. The van der Waals surface area contributed by atoms with E-state index in [1.165, 1.54) is 7.11 Å². The van der Waals surface area contributed by atoms with Gasteiger partial charge in [0.25, 0.3) is 5.92 Å². The molecule has 1 heterocycles. The summed E-state index contributed by atoms with van der Waals surface area (Å²) in [6.45, 7) is -0.519. The van der Waals surface area contributed by atoms with Crippen molar-refractivity contribution in [3.63, 3.8) is 0 Å². The van der Waals surface area contributed by atoms with Crippen molar-refractivity contribution in [2.75, 3.05) is 25.1 Å². The molecule has 3 nitrogen and oxygen atoms in total. The number of methoxy groups -OCH3 is 1. The summed E-state index contributed by atoms with van der Waals surface area (Å²) in [5.74, 6) is -3.01. The van der Waals surface area contributed by atoms with Gasteiger partial charge in [-0.25, -0.2) is 13.6 Å². The maximum absolute atomic E-state index is 12.6. The molecule has 0 amide bonds. The highest BCUT2D eigenvalue weighted by Crippen LogP contribution is 2.31. The number of carbonyl (C=O) groups excluding carboxylic acids is 1. The fourth-order valence-electron chi connectivity index (χ4n) is 1.62. The van der Waals surface area contributed by atoms with Gasteiger partial charge >= 0.3 is 5.97 Å². The monoisotopic (exact) mass is 227 g/mol. The van der Waals surface area contributed by atoms with Crippen LogP contribution in [0, 0.1) is 0 Å². The van der Waals surface area contributed by atoms with E-state index >= 15 is 0 Å². The van der Waals surface area contributed by atoms with Gasteiger partial charge in [-0.1, -0.05) is 0 Å². The lowest BCUT2D eigenvalue weighted by Crippen LogP contribution is -2.56. The largest absolute Gasteiger partial charge is 0.465 e. The van der Waals surface area contributed by atoms with Crippen molar-refractivity contribution in [2.45, 2.75) is 5.92 Å². The molecule has 86 valence electrons. The highest BCUT2D eigenvalue weighted by atomic mass is 19.3. The molecule has 0 radical (unpaired) electrons. The van der Waals surface area contributed by atoms with E-state index in [0.29, 0.717) is 11.3 Å². The third kappa shape index (κ3) is 1.98. The fourth-order valence-corrected chi connectivity index (χ4v) is 1.62. The van der Waals surface area contributed by atoms with Crippen LogP contribution < -0.4 is 4.90 Å². The van der Waals surface area contributed by atoms with Crippen LogP contribution in [0.3, 0.4) is 0 Å². The summed E-state index contributed by atoms with van der Waals surface area (Å²) < 4.78 is 29.8. The highest BCUT2D eigenvalue weighted by Gasteiger charge is 2.43. The van der Waals surface area contributed by atoms with Crippen LogP contribution in [0.15, 0.2) is 24.3 Å². The second kappa shape index (κ2) is 3.73. The molecule has 1 aliphatic rings. The number of benzene rings is 1. The second-order valence-electron chi connectivity index (χ2n) is 3.75. The zero-order valence-electron chi connectivity index (χ0n) is 8.74. The second-order valence-corrected chi connectivity index (χ2v) is 3.75. The summed E-state index contributed by atoms with van der Waals surface area (Å²) in [7, 11) is 1.30. The highest BCUT2D eigenvalue weighted by molar-refractivity contribution is 5.89. The summed E-state index contributed by atoms with van der Waals surface area (Å²) in [4.78, 5) is 12.7. The number of halogens is 2. The van der Waals surface area contributed by atoms with Crippen LogP contribution in [-0.4, -0.2) is 32.1 Å². The molecule has 0 spiro atoms. The van der Waals surface area contributed by atoms with Crippen molar-refractivity contribution in [1.29, 1.82) is 0 Å². The van der Waals surface area contributed by atoms with Crippen molar-refractivity contribution in [2.24, 2.45) is 0 Å². The molecule has 2 rings (SSSR count). The Hall–Kier alpha value is -1.65. The number of ether oxygens (including phenoxy) is 1. The van der Waals surface area contributed by atoms with Gasteiger partial charge < -0.3 is 9.64 Å². The molecular weight excluding hydrogens is 216 g/mol. The van der Waals surface area contributed by atoms with Gasteiger partial charge in [0.15, 0.2) is 0 Å². The van der Waals surface area contributed by atoms with Crippen LogP contribution >= 0.6 is 0 Å². The Morgan fingerprint density at radius 1 is 1.31 bits per heavy atom. The zero-order valence-corrected chi connectivity index (χ0v) is 8.74. The molecule has 5 heteroatoms. The van der Waals surface area contributed by atoms with Crippen molar-refractivity contribution in [3.8, 4) is 0 Å². The topological polar surface area (TPSA) is 29.5 Å². The van der Waals surface area contributed by atoms with Crippen LogP contribution in [-0.2, 0) is 4.74 Å². The van der Waals surface area contributed by atoms with E-state index in [0.717, 1.165) is 0 Å². The molecule has 16 heavy (non-hydrogen) atoms. The fraction of sp³-hybridized carbons (Fsp3) is 0.364. The Morgan fingerprint density at radius 3 is 2.31 bits per heavy atom. The van der Waals surface area contributed by atoms with Crippen molar-refractivity contribution < 1.29 is 18.3 Å². The summed E-state index contributed by atoms with van der Waals surface area (Å²) in [6, 6.07) is 6.41. The molecule has 1 aromatic carbocycles. The third-order valence-corrected chi connectivity index (χ3v) is 2.50. The molecule has 1 aromatic rings. The average Bonchev–Trinajstić information content (AvgIpc) is 2.25. The summed E-state index contributed by atoms with van der Waals surface area (Å²) in [5.41, 5.74) is 1.11. The minimum absolute atomic E-state index is 0.259. The predicted molar refractivity (Wildman–Crippen MR) is 54.9 cm³/mol. The van der Waals surface area contributed by atoms with Gasteiger partial charge in [0.1, 0.15) is 0 Å². The van der Waals surface area contributed by atoms with Gasteiger partial charge in [-0.2, -0.15) is 0 Å². The standard InChI is InChI=1S/C11H11F2NO2/c1-16-10(15)8-2-4-9(5-3-8)14-6-11(12,13)7-14/h2-5H,6-7H2,1H3. The van der Waals surface area contributed by atoms with E-state index in [4.69, 9.17) is 0 Å². The molecule has 1 fully saturated rings. The van der Waals surface area contributed by atoms with Gasteiger partial charge in [0.05, 0.1) is 25.8 Å². The minimum Gasteiger partial charge on any atom is -0.465 e. The van der Waals surface area contributed by atoms with Gasteiger partial charge in [-0.05, 0) is 24.3 Å². The Morgan fingerprint density at radius 2 is 1.88 bits per heavy atom. The third-order valence-electron chi connectivity index (χ3n) is 2.50. The van der Waals surface area contributed by atoms with E-state index in [9.17, 15) is 13.6 Å². The summed E-state index contributed by atoms with van der Waals surface area (Å²) in [5, 5.41) is 0. The Kier molecular flexibility index (Phi) is 2.53. The molecular formula is C11H11F2NO2. The first-order valence-corrected chi connectivity index (χ1v) is 4.83. The number of esters is 1. The number of carbonyl (C=O) groups is 1. The molecule has 1 aliphatic heterocycles. The number of hydrogen-bond donors (Lipinski definition) is 0. The molecule has 0 atom stereocenters. The number of alkyl halides is 2. The predicted octanol–water partition coefficient (Wildman–Crippen LogP) is 1.93. The lowest BCUT2D eigenvalue weighted by Gasteiger charge is -2.40. The Balaban J connectivity index is 2.06. The molecule has 1 saturated heterocycles. The van der Waals surface area contributed by atoms with Crippen LogP contribution in [0.2, 0.25) is 0 Å². The lowest BCUT2D eigenvalue weighted by molar-refractivity contribution is -0.0262. The van der Waals surface area contributed by atoms with E-state index in [2.05, 4.69) is 4.74 Å².